The van der Waals surface area contributed by atoms with Crippen LogP contribution in [0.5, 0.6) is 5.75 Å². The molecule has 2 rings (SSSR count). The maximum absolute atomic E-state index is 12.1. The largest absolute Gasteiger partial charge is 0.573 e. The van der Waals surface area contributed by atoms with Gasteiger partial charge in [0.2, 0.25) is 0 Å². The zero-order chi connectivity index (χ0) is 15.5. The van der Waals surface area contributed by atoms with Crippen LogP contribution in [-0.2, 0) is 11.3 Å². The van der Waals surface area contributed by atoms with Gasteiger partial charge in [-0.3, -0.25) is 9.67 Å². The molecule has 0 aliphatic rings. The highest BCUT2D eigenvalue weighted by molar-refractivity contribution is 7.71. The molecular weight excluding hydrogens is 307 g/mol. The average Bonchev–Trinajstić information content (AvgIpc) is 2.77. The van der Waals surface area contributed by atoms with Crippen LogP contribution in [0.3, 0.4) is 0 Å². The summed E-state index contributed by atoms with van der Waals surface area (Å²) < 4.78 is 47.2. The summed E-state index contributed by atoms with van der Waals surface area (Å²) in [6.45, 7) is 0.929. The Bertz CT molecular complexity index is 649. The average molecular weight is 319 g/mol. The Morgan fingerprint density at radius 1 is 1.29 bits per heavy atom. The van der Waals surface area contributed by atoms with E-state index in [0.29, 0.717) is 29.3 Å². The van der Waals surface area contributed by atoms with Gasteiger partial charge >= 0.3 is 6.36 Å². The molecule has 0 fully saturated rings. The Morgan fingerprint density at radius 2 is 1.95 bits per heavy atom. The standard InChI is InChI=1S/C12H12F3N3O2S/c1-19-7-6-18-10(16-17-11(18)21)8-2-4-9(5-3-8)20-12(13,14)15/h2-5H,6-7H2,1H3,(H,17,21). The van der Waals surface area contributed by atoms with Crippen molar-refractivity contribution >= 4 is 12.2 Å². The number of nitrogens with one attached hydrogen (secondary N) is 1. The fourth-order valence-electron chi connectivity index (χ4n) is 1.73. The zero-order valence-electron chi connectivity index (χ0n) is 11.0. The monoisotopic (exact) mass is 319 g/mol. The van der Waals surface area contributed by atoms with E-state index < -0.39 is 6.36 Å². The summed E-state index contributed by atoms with van der Waals surface area (Å²) in [7, 11) is 1.56. The normalized spacial score (nSPS) is 11.6. The SMILES string of the molecule is COCCn1c(-c2ccc(OC(F)(F)F)cc2)n[nH]c1=S. The number of hydrogen-bond donors (Lipinski definition) is 1. The van der Waals surface area contributed by atoms with Crippen molar-refractivity contribution in [2.75, 3.05) is 13.7 Å². The second kappa shape index (κ2) is 6.27. The second-order valence-corrected chi connectivity index (χ2v) is 4.46. The molecule has 0 saturated heterocycles. The predicted octanol–water partition coefficient (Wildman–Crippen LogP) is 3.15. The summed E-state index contributed by atoms with van der Waals surface area (Å²) in [5.74, 6) is 0.236. The molecule has 21 heavy (non-hydrogen) atoms. The minimum absolute atomic E-state index is 0.288. The number of ether oxygens (including phenoxy) is 2. The molecule has 0 spiro atoms. The summed E-state index contributed by atoms with van der Waals surface area (Å²) >= 11 is 5.10. The molecule has 2 aromatic rings. The van der Waals surface area contributed by atoms with Crippen LogP contribution in [0.15, 0.2) is 24.3 Å². The van der Waals surface area contributed by atoms with Gasteiger partial charge in [-0.2, -0.15) is 5.10 Å². The molecule has 114 valence electrons. The van der Waals surface area contributed by atoms with Crippen molar-refractivity contribution in [1.82, 2.24) is 14.8 Å². The van der Waals surface area contributed by atoms with E-state index in [4.69, 9.17) is 17.0 Å². The lowest BCUT2D eigenvalue weighted by atomic mass is 10.2. The van der Waals surface area contributed by atoms with E-state index in [2.05, 4.69) is 14.9 Å². The highest BCUT2D eigenvalue weighted by Crippen LogP contribution is 2.25. The van der Waals surface area contributed by atoms with Gasteiger partial charge in [0.15, 0.2) is 10.6 Å². The highest BCUT2D eigenvalue weighted by Gasteiger charge is 2.31. The fourth-order valence-corrected chi connectivity index (χ4v) is 1.96. The predicted molar refractivity (Wildman–Crippen MR) is 71.4 cm³/mol. The van der Waals surface area contributed by atoms with Crippen molar-refractivity contribution in [1.29, 1.82) is 0 Å². The number of methoxy groups -OCH3 is 1. The molecule has 0 amide bonds. The third-order valence-corrected chi connectivity index (χ3v) is 2.94. The molecule has 9 heteroatoms. The molecule has 5 nitrogen and oxygen atoms in total. The molecular formula is C12H12F3N3O2S. The third kappa shape index (κ3) is 4.05. The lowest BCUT2D eigenvalue weighted by Gasteiger charge is -2.10. The summed E-state index contributed by atoms with van der Waals surface area (Å²) in [4.78, 5) is 0. The topological polar surface area (TPSA) is 52.1 Å². The van der Waals surface area contributed by atoms with Crippen LogP contribution in [0.25, 0.3) is 11.4 Å². The van der Waals surface area contributed by atoms with Gasteiger partial charge in [-0.05, 0) is 36.5 Å². The van der Waals surface area contributed by atoms with E-state index in [9.17, 15) is 13.2 Å². The minimum atomic E-state index is -4.71. The van der Waals surface area contributed by atoms with Crippen molar-refractivity contribution in [2.24, 2.45) is 0 Å². The zero-order valence-corrected chi connectivity index (χ0v) is 11.8. The second-order valence-electron chi connectivity index (χ2n) is 4.07. The number of benzene rings is 1. The van der Waals surface area contributed by atoms with Crippen LogP contribution in [-0.4, -0.2) is 34.8 Å². The van der Waals surface area contributed by atoms with Crippen molar-refractivity contribution in [3.8, 4) is 17.1 Å². The quantitative estimate of drug-likeness (QED) is 0.860. The number of rotatable bonds is 5. The van der Waals surface area contributed by atoms with E-state index in [-0.39, 0.29) is 5.75 Å². The Balaban J connectivity index is 2.25. The first kappa shape index (κ1) is 15.5. The molecule has 1 aromatic heterocycles. The number of hydrogen-bond acceptors (Lipinski definition) is 4. The van der Waals surface area contributed by atoms with Gasteiger partial charge in [0.1, 0.15) is 5.75 Å². The van der Waals surface area contributed by atoms with Crippen LogP contribution >= 0.6 is 12.2 Å². The van der Waals surface area contributed by atoms with E-state index in [1.807, 2.05) is 0 Å². The molecule has 1 aromatic carbocycles. The van der Waals surface area contributed by atoms with Gasteiger partial charge in [-0.15, -0.1) is 13.2 Å². The van der Waals surface area contributed by atoms with E-state index in [1.54, 1.807) is 11.7 Å². The summed E-state index contributed by atoms with van der Waals surface area (Å²) in [6.07, 6.45) is -4.71. The van der Waals surface area contributed by atoms with E-state index in [0.717, 1.165) is 0 Å². The Hall–Kier alpha value is -1.87. The molecule has 0 atom stereocenters. The van der Waals surface area contributed by atoms with Crippen LogP contribution in [0.2, 0.25) is 0 Å². The van der Waals surface area contributed by atoms with Crippen molar-refractivity contribution in [3.05, 3.63) is 29.0 Å². The van der Waals surface area contributed by atoms with Crippen LogP contribution in [0.1, 0.15) is 0 Å². The molecule has 0 aliphatic carbocycles. The number of alkyl halides is 3. The van der Waals surface area contributed by atoms with Crippen molar-refractivity contribution in [2.45, 2.75) is 12.9 Å². The lowest BCUT2D eigenvalue weighted by Crippen LogP contribution is -2.17. The first-order valence-electron chi connectivity index (χ1n) is 5.91. The lowest BCUT2D eigenvalue weighted by molar-refractivity contribution is -0.274. The Kier molecular flexibility index (Phi) is 4.63. The Labute approximate surface area is 123 Å². The first-order chi connectivity index (χ1) is 9.90. The summed E-state index contributed by atoms with van der Waals surface area (Å²) in [6, 6.07) is 5.41. The maximum atomic E-state index is 12.1. The van der Waals surface area contributed by atoms with E-state index >= 15 is 0 Å². The minimum Gasteiger partial charge on any atom is -0.406 e. The molecule has 1 N–H and O–H groups in total. The van der Waals surface area contributed by atoms with Crippen LogP contribution < -0.4 is 4.74 Å². The molecule has 0 bridgehead atoms. The molecule has 0 aliphatic heterocycles. The third-order valence-electron chi connectivity index (χ3n) is 2.62. The van der Waals surface area contributed by atoms with Crippen molar-refractivity contribution < 1.29 is 22.6 Å². The number of nitrogens with zero attached hydrogens (tertiary/aromatic N) is 2. The van der Waals surface area contributed by atoms with E-state index in [1.165, 1.54) is 24.3 Å². The first-order valence-corrected chi connectivity index (χ1v) is 6.32. The van der Waals surface area contributed by atoms with Crippen LogP contribution in [0, 0.1) is 4.77 Å². The van der Waals surface area contributed by atoms with Gasteiger partial charge in [0.05, 0.1) is 13.2 Å². The van der Waals surface area contributed by atoms with Crippen LogP contribution in [0.4, 0.5) is 13.2 Å². The highest BCUT2D eigenvalue weighted by atomic mass is 32.1. The smallest absolute Gasteiger partial charge is 0.406 e. The molecule has 1 heterocycles. The molecule has 0 saturated carbocycles. The summed E-state index contributed by atoms with van der Waals surface area (Å²) in [5.41, 5.74) is 0.618. The summed E-state index contributed by atoms with van der Waals surface area (Å²) in [5, 5.41) is 6.72. The number of H-pyrrole nitrogens is 1. The number of aromatic amines is 1. The van der Waals surface area contributed by atoms with Gasteiger partial charge in [0.25, 0.3) is 0 Å². The van der Waals surface area contributed by atoms with Gasteiger partial charge < -0.3 is 9.47 Å². The Morgan fingerprint density at radius 3 is 2.52 bits per heavy atom. The maximum Gasteiger partial charge on any atom is 0.573 e. The van der Waals surface area contributed by atoms with Gasteiger partial charge in [-0.25, -0.2) is 0 Å². The van der Waals surface area contributed by atoms with Crippen molar-refractivity contribution in [3.63, 3.8) is 0 Å². The van der Waals surface area contributed by atoms with Gasteiger partial charge in [0, 0.05) is 12.7 Å². The fraction of sp³-hybridized carbons (Fsp3) is 0.333. The molecule has 0 radical (unpaired) electrons. The molecule has 0 unspecified atom stereocenters. The number of aromatic nitrogens is 3. The number of halogens is 3. The van der Waals surface area contributed by atoms with Gasteiger partial charge in [-0.1, -0.05) is 0 Å².